The first-order valence-corrected chi connectivity index (χ1v) is 11.5. The Hall–Kier alpha value is -2.08. The number of benzene rings is 1. The number of nitrogens with zero attached hydrogens (tertiary/aromatic N) is 1. The van der Waals surface area contributed by atoms with E-state index in [1.807, 2.05) is 12.1 Å². The zero-order valence-corrected chi connectivity index (χ0v) is 17.8. The van der Waals surface area contributed by atoms with Crippen molar-refractivity contribution in [1.82, 2.24) is 0 Å². The first kappa shape index (κ1) is 21.6. The fourth-order valence-corrected chi connectivity index (χ4v) is 4.95. The Bertz CT molecular complexity index is 699. The van der Waals surface area contributed by atoms with E-state index in [-0.39, 0.29) is 18.0 Å². The summed E-state index contributed by atoms with van der Waals surface area (Å²) in [4.78, 5) is 12.7. The molecule has 3 rings (SSSR count). The molecule has 0 atom stereocenters. The fraction of sp³-hybridized carbons (Fsp3) is 0.615. The first-order chi connectivity index (χ1) is 14.2. The average molecular weight is 394 g/mol. The number of allylic oxidation sites excluding steroid dienone is 2. The highest BCUT2D eigenvalue weighted by atomic mass is 16.5. The number of carbonyl (C=O) groups is 1. The quantitative estimate of drug-likeness (QED) is 0.393. The molecule has 0 aromatic heterocycles. The molecule has 2 aliphatic carbocycles. The molecule has 1 aromatic rings. The Morgan fingerprint density at radius 3 is 2.38 bits per heavy atom. The standard InChI is InChI=1S/C26H35NO2/c1-2-20-7-11-22(12-8-20)23-13-15-24(16-14-23)26(28)29-25-17-9-21(10-18-25)6-4-3-5-19-27/h3,5,7-8,11-12,21,23-25H,2,4,6,9-10,13-18H2,1H3. The molecular weight excluding hydrogens is 358 g/mol. The van der Waals surface area contributed by atoms with Gasteiger partial charge in [-0.3, -0.25) is 4.79 Å². The van der Waals surface area contributed by atoms with Gasteiger partial charge in [0, 0.05) is 6.08 Å². The fourth-order valence-electron chi connectivity index (χ4n) is 4.95. The van der Waals surface area contributed by atoms with Gasteiger partial charge in [-0.15, -0.1) is 0 Å². The van der Waals surface area contributed by atoms with Crippen LogP contribution in [0.3, 0.4) is 0 Å². The van der Waals surface area contributed by atoms with Gasteiger partial charge in [0.05, 0.1) is 12.0 Å². The topological polar surface area (TPSA) is 50.1 Å². The van der Waals surface area contributed by atoms with Crippen molar-refractivity contribution in [3.05, 3.63) is 47.5 Å². The smallest absolute Gasteiger partial charge is 0.309 e. The molecule has 0 N–H and O–H groups in total. The third-order valence-electron chi connectivity index (χ3n) is 6.93. The van der Waals surface area contributed by atoms with Crippen LogP contribution in [0.25, 0.3) is 0 Å². The number of esters is 1. The van der Waals surface area contributed by atoms with Gasteiger partial charge >= 0.3 is 5.97 Å². The number of rotatable bonds is 7. The third-order valence-corrected chi connectivity index (χ3v) is 6.93. The SMILES string of the molecule is CCc1ccc(C2CCC(C(=O)OC3CCC(CCC=CC#N)CC3)CC2)cc1. The zero-order chi connectivity index (χ0) is 20.5. The van der Waals surface area contributed by atoms with Crippen molar-refractivity contribution >= 4 is 5.97 Å². The lowest BCUT2D eigenvalue weighted by molar-refractivity contribution is -0.157. The maximum absolute atomic E-state index is 12.7. The normalized spacial score (nSPS) is 27.4. The predicted molar refractivity (Wildman–Crippen MR) is 116 cm³/mol. The van der Waals surface area contributed by atoms with Crippen LogP contribution in [0.4, 0.5) is 0 Å². The molecule has 0 amide bonds. The Kier molecular flexibility index (Phi) is 8.35. The lowest BCUT2D eigenvalue weighted by Crippen LogP contribution is -2.29. The minimum Gasteiger partial charge on any atom is -0.462 e. The summed E-state index contributed by atoms with van der Waals surface area (Å²) in [6.45, 7) is 2.19. The van der Waals surface area contributed by atoms with Crippen LogP contribution >= 0.6 is 0 Å². The summed E-state index contributed by atoms with van der Waals surface area (Å²) in [7, 11) is 0. The van der Waals surface area contributed by atoms with E-state index in [0.717, 1.165) is 70.6 Å². The summed E-state index contributed by atoms with van der Waals surface area (Å²) >= 11 is 0. The van der Waals surface area contributed by atoms with E-state index in [2.05, 4.69) is 31.2 Å². The molecule has 0 radical (unpaired) electrons. The summed E-state index contributed by atoms with van der Waals surface area (Å²) < 4.78 is 5.90. The second-order valence-electron chi connectivity index (χ2n) is 8.83. The summed E-state index contributed by atoms with van der Waals surface area (Å²) in [5.41, 5.74) is 2.82. The molecule has 0 aliphatic heterocycles. The second-order valence-corrected chi connectivity index (χ2v) is 8.83. The van der Waals surface area contributed by atoms with Crippen molar-refractivity contribution < 1.29 is 9.53 Å². The van der Waals surface area contributed by atoms with Crippen molar-refractivity contribution in [3.63, 3.8) is 0 Å². The number of aryl methyl sites for hydroxylation is 1. The zero-order valence-electron chi connectivity index (χ0n) is 17.8. The molecule has 0 spiro atoms. The van der Waals surface area contributed by atoms with Crippen molar-refractivity contribution in [2.24, 2.45) is 11.8 Å². The van der Waals surface area contributed by atoms with E-state index in [1.54, 1.807) is 6.08 Å². The lowest BCUT2D eigenvalue weighted by Gasteiger charge is -2.31. The van der Waals surface area contributed by atoms with E-state index < -0.39 is 0 Å². The number of ether oxygens (including phenoxy) is 1. The van der Waals surface area contributed by atoms with Crippen LogP contribution in [-0.2, 0) is 16.0 Å². The molecule has 3 nitrogen and oxygen atoms in total. The Balaban J connectivity index is 1.37. The summed E-state index contributed by atoms with van der Waals surface area (Å²) in [5.74, 6) is 1.44. The Labute approximate surface area is 176 Å². The van der Waals surface area contributed by atoms with Gasteiger partial charge in [0.15, 0.2) is 0 Å². The Morgan fingerprint density at radius 2 is 1.76 bits per heavy atom. The van der Waals surface area contributed by atoms with E-state index in [0.29, 0.717) is 11.8 Å². The van der Waals surface area contributed by atoms with Crippen LogP contribution in [0, 0.1) is 23.2 Å². The van der Waals surface area contributed by atoms with Gasteiger partial charge in [-0.25, -0.2) is 0 Å². The van der Waals surface area contributed by atoms with Gasteiger partial charge in [-0.2, -0.15) is 5.26 Å². The highest BCUT2D eigenvalue weighted by molar-refractivity contribution is 5.72. The van der Waals surface area contributed by atoms with E-state index in [9.17, 15) is 4.79 Å². The molecule has 0 unspecified atom stereocenters. The van der Waals surface area contributed by atoms with Crippen molar-refractivity contribution in [1.29, 1.82) is 5.26 Å². The summed E-state index contributed by atoms with van der Waals surface area (Å²) in [6, 6.07) is 11.1. The van der Waals surface area contributed by atoms with E-state index in [4.69, 9.17) is 10.00 Å². The van der Waals surface area contributed by atoms with E-state index >= 15 is 0 Å². The van der Waals surface area contributed by atoms with Gasteiger partial charge in [-0.1, -0.05) is 37.3 Å². The van der Waals surface area contributed by atoms with Crippen LogP contribution < -0.4 is 0 Å². The molecule has 0 saturated heterocycles. The number of nitriles is 1. The highest BCUT2D eigenvalue weighted by Gasteiger charge is 2.31. The predicted octanol–water partition coefficient (Wildman–Crippen LogP) is 6.48. The van der Waals surface area contributed by atoms with Gasteiger partial charge < -0.3 is 4.74 Å². The van der Waals surface area contributed by atoms with Crippen LogP contribution in [0.15, 0.2) is 36.4 Å². The maximum Gasteiger partial charge on any atom is 0.309 e. The van der Waals surface area contributed by atoms with Gasteiger partial charge in [0.25, 0.3) is 0 Å². The highest BCUT2D eigenvalue weighted by Crippen LogP contribution is 2.37. The largest absolute Gasteiger partial charge is 0.462 e. The van der Waals surface area contributed by atoms with Crippen molar-refractivity contribution in [2.75, 3.05) is 0 Å². The van der Waals surface area contributed by atoms with Crippen molar-refractivity contribution in [2.45, 2.75) is 89.6 Å². The molecule has 29 heavy (non-hydrogen) atoms. The van der Waals surface area contributed by atoms with Crippen LogP contribution in [-0.4, -0.2) is 12.1 Å². The summed E-state index contributed by atoms with van der Waals surface area (Å²) in [6.07, 6.45) is 15.2. The van der Waals surface area contributed by atoms with Crippen LogP contribution in [0.2, 0.25) is 0 Å². The van der Waals surface area contributed by atoms with E-state index in [1.165, 1.54) is 11.1 Å². The minimum atomic E-state index is 0.0465. The molecule has 2 fully saturated rings. The number of carbonyl (C=O) groups excluding carboxylic acids is 1. The average Bonchev–Trinajstić information content (AvgIpc) is 2.78. The minimum absolute atomic E-state index is 0.0465. The molecule has 2 saturated carbocycles. The molecule has 156 valence electrons. The third kappa shape index (κ3) is 6.46. The van der Waals surface area contributed by atoms with Crippen molar-refractivity contribution in [3.8, 4) is 6.07 Å². The van der Waals surface area contributed by atoms with Crippen LogP contribution in [0.5, 0.6) is 0 Å². The van der Waals surface area contributed by atoms with Gasteiger partial charge in [0.2, 0.25) is 0 Å². The number of hydrogen-bond donors (Lipinski definition) is 0. The monoisotopic (exact) mass is 393 g/mol. The molecular formula is C26H35NO2. The molecule has 2 aliphatic rings. The first-order valence-electron chi connectivity index (χ1n) is 11.5. The number of hydrogen-bond acceptors (Lipinski definition) is 3. The lowest BCUT2D eigenvalue weighted by atomic mass is 9.78. The molecule has 3 heteroatoms. The second kappa shape index (κ2) is 11.2. The molecule has 1 aromatic carbocycles. The molecule has 0 bridgehead atoms. The Morgan fingerprint density at radius 1 is 1.07 bits per heavy atom. The van der Waals surface area contributed by atoms with Crippen LogP contribution in [0.1, 0.15) is 88.2 Å². The van der Waals surface area contributed by atoms with Gasteiger partial charge in [-0.05, 0) is 93.6 Å². The molecule has 0 heterocycles. The van der Waals surface area contributed by atoms with Gasteiger partial charge in [0.1, 0.15) is 6.10 Å². The summed E-state index contributed by atoms with van der Waals surface area (Å²) in [5, 5.41) is 8.54. The maximum atomic E-state index is 12.7.